The maximum atomic E-state index is 14.5. The standard InChI is InChI=1S/C35H47N3O6/c1-7-9-10-11-12-16-23-38(31(32(40)36-25-30(39)43-6)28-21-19-26(8-2)20-22-28)33(41)29(24-27-17-14-13-15-18-27)37-34(42)44-35(3,4)5/h2,13-15,17-22,29,31H,7,9-12,16,23-25H2,1,3-6H3,(H,36,40)(H,37,42). The van der Waals surface area contributed by atoms with E-state index in [0.29, 0.717) is 17.5 Å². The number of hydrogen-bond acceptors (Lipinski definition) is 6. The number of methoxy groups -OCH3 is 1. The van der Waals surface area contributed by atoms with E-state index in [2.05, 4.69) is 23.5 Å². The maximum Gasteiger partial charge on any atom is 0.408 e. The van der Waals surface area contributed by atoms with Gasteiger partial charge in [-0.3, -0.25) is 14.4 Å². The molecule has 3 amide bonds. The molecule has 0 saturated heterocycles. The van der Waals surface area contributed by atoms with Crippen molar-refractivity contribution in [2.75, 3.05) is 20.2 Å². The van der Waals surface area contributed by atoms with Crippen LogP contribution in [0.5, 0.6) is 0 Å². The third-order valence-corrected chi connectivity index (χ3v) is 6.90. The molecule has 0 spiro atoms. The van der Waals surface area contributed by atoms with Gasteiger partial charge >= 0.3 is 12.1 Å². The highest BCUT2D eigenvalue weighted by atomic mass is 16.6. The quantitative estimate of drug-likeness (QED) is 0.152. The van der Waals surface area contributed by atoms with Gasteiger partial charge in [-0.2, -0.15) is 0 Å². The average Bonchev–Trinajstić information content (AvgIpc) is 3.00. The first-order chi connectivity index (χ1) is 21.0. The Hall–Kier alpha value is -4.32. The van der Waals surface area contributed by atoms with E-state index in [-0.39, 0.29) is 19.5 Å². The summed E-state index contributed by atoms with van der Waals surface area (Å²) in [5, 5.41) is 5.37. The highest BCUT2D eigenvalue weighted by molar-refractivity contribution is 5.93. The molecule has 0 bridgehead atoms. The van der Waals surface area contributed by atoms with Gasteiger partial charge in [0.2, 0.25) is 11.8 Å². The van der Waals surface area contributed by atoms with Crippen molar-refractivity contribution in [1.82, 2.24) is 15.5 Å². The Morgan fingerprint density at radius 1 is 0.932 bits per heavy atom. The fourth-order valence-electron chi connectivity index (χ4n) is 4.69. The molecule has 0 heterocycles. The summed E-state index contributed by atoms with van der Waals surface area (Å²) in [6.07, 6.45) is 10.8. The van der Waals surface area contributed by atoms with Crippen LogP contribution in [0.25, 0.3) is 0 Å². The van der Waals surface area contributed by atoms with Crippen LogP contribution < -0.4 is 10.6 Å². The summed E-state index contributed by atoms with van der Waals surface area (Å²) >= 11 is 0. The number of alkyl carbamates (subject to hydrolysis) is 1. The third kappa shape index (κ3) is 12.5. The van der Waals surface area contributed by atoms with Crippen molar-refractivity contribution in [2.24, 2.45) is 0 Å². The summed E-state index contributed by atoms with van der Waals surface area (Å²) in [5.41, 5.74) is 1.18. The van der Waals surface area contributed by atoms with Gasteiger partial charge in [-0.25, -0.2) is 4.79 Å². The fourth-order valence-corrected chi connectivity index (χ4v) is 4.69. The lowest BCUT2D eigenvalue weighted by molar-refractivity contribution is -0.144. The molecule has 2 N–H and O–H groups in total. The number of rotatable bonds is 16. The number of terminal acetylenes is 1. The number of hydrogen-bond donors (Lipinski definition) is 2. The van der Waals surface area contributed by atoms with Crippen molar-refractivity contribution in [3.8, 4) is 12.3 Å². The number of carbonyl (C=O) groups is 4. The number of esters is 1. The summed E-state index contributed by atoms with van der Waals surface area (Å²) in [7, 11) is 1.23. The Balaban J connectivity index is 2.54. The van der Waals surface area contributed by atoms with Crippen molar-refractivity contribution >= 4 is 23.9 Å². The van der Waals surface area contributed by atoms with E-state index < -0.39 is 41.6 Å². The molecule has 0 saturated carbocycles. The highest BCUT2D eigenvalue weighted by Crippen LogP contribution is 2.25. The second-order valence-electron chi connectivity index (χ2n) is 11.7. The summed E-state index contributed by atoms with van der Waals surface area (Å²) < 4.78 is 10.2. The van der Waals surface area contributed by atoms with E-state index in [1.54, 1.807) is 45.0 Å². The summed E-state index contributed by atoms with van der Waals surface area (Å²) in [5.74, 6) is 0.932. The number of unbranched alkanes of at least 4 members (excludes halogenated alkanes) is 5. The van der Waals surface area contributed by atoms with Gasteiger partial charge < -0.3 is 25.0 Å². The molecule has 0 aliphatic heterocycles. The van der Waals surface area contributed by atoms with Crippen LogP contribution in [-0.2, 0) is 30.3 Å². The van der Waals surface area contributed by atoms with Gasteiger partial charge in [0.1, 0.15) is 24.2 Å². The van der Waals surface area contributed by atoms with Gasteiger partial charge in [0.05, 0.1) is 7.11 Å². The lowest BCUT2D eigenvalue weighted by atomic mass is 9.98. The molecule has 0 fully saturated rings. The smallest absolute Gasteiger partial charge is 0.408 e. The first-order valence-electron chi connectivity index (χ1n) is 15.2. The van der Waals surface area contributed by atoms with Crippen LogP contribution in [0, 0.1) is 12.3 Å². The molecule has 2 unspecified atom stereocenters. The minimum Gasteiger partial charge on any atom is -0.468 e. The Kier molecular flexibility index (Phi) is 15.0. The number of benzene rings is 2. The van der Waals surface area contributed by atoms with Gasteiger partial charge in [-0.05, 0) is 50.5 Å². The predicted octanol–water partition coefficient (Wildman–Crippen LogP) is 5.32. The zero-order valence-corrected chi connectivity index (χ0v) is 26.7. The maximum absolute atomic E-state index is 14.5. The van der Waals surface area contributed by atoms with E-state index in [4.69, 9.17) is 15.9 Å². The average molecular weight is 606 g/mol. The first-order valence-corrected chi connectivity index (χ1v) is 15.2. The van der Waals surface area contributed by atoms with Gasteiger partial charge in [-0.15, -0.1) is 6.42 Å². The van der Waals surface area contributed by atoms with Gasteiger partial charge in [-0.1, -0.05) is 87.4 Å². The molecule has 2 atom stereocenters. The molecule has 0 radical (unpaired) electrons. The van der Waals surface area contributed by atoms with E-state index in [9.17, 15) is 19.2 Å². The van der Waals surface area contributed by atoms with Gasteiger partial charge in [0.15, 0.2) is 0 Å². The second-order valence-corrected chi connectivity index (χ2v) is 11.7. The zero-order valence-electron chi connectivity index (χ0n) is 26.7. The Morgan fingerprint density at radius 3 is 2.16 bits per heavy atom. The molecule has 0 aliphatic carbocycles. The summed E-state index contributed by atoms with van der Waals surface area (Å²) in [6.45, 7) is 7.26. The Labute approximate surface area is 262 Å². The highest BCUT2D eigenvalue weighted by Gasteiger charge is 2.36. The lowest BCUT2D eigenvalue weighted by Gasteiger charge is -2.34. The van der Waals surface area contributed by atoms with Crippen molar-refractivity contribution in [1.29, 1.82) is 0 Å². The molecular weight excluding hydrogens is 558 g/mol. The third-order valence-electron chi connectivity index (χ3n) is 6.90. The minimum absolute atomic E-state index is 0.179. The molecule has 9 nitrogen and oxygen atoms in total. The van der Waals surface area contributed by atoms with Crippen molar-refractivity contribution < 1.29 is 28.7 Å². The van der Waals surface area contributed by atoms with Crippen LogP contribution >= 0.6 is 0 Å². The molecule has 9 heteroatoms. The van der Waals surface area contributed by atoms with Crippen LogP contribution in [0.3, 0.4) is 0 Å². The predicted molar refractivity (Wildman–Crippen MR) is 171 cm³/mol. The first kappa shape index (κ1) is 35.9. The van der Waals surface area contributed by atoms with Crippen molar-refractivity contribution in [3.63, 3.8) is 0 Å². The molecule has 44 heavy (non-hydrogen) atoms. The summed E-state index contributed by atoms with van der Waals surface area (Å²) in [4.78, 5) is 54.6. The van der Waals surface area contributed by atoms with Crippen molar-refractivity contribution in [2.45, 2.75) is 90.3 Å². The zero-order chi connectivity index (χ0) is 32.5. The number of nitrogens with one attached hydrogen (secondary N) is 2. The number of amides is 3. The van der Waals surface area contributed by atoms with Crippen LogP contribution in [-0.4, -0.2) is 60.6 Å². The molecular formula is C35H47N3O6. The van der Waals surface area contributed by atoms with Gasteiger partial charge in [0, 0.05) is 18.5 Å². The van der Waals surface area contributed by atoms with E-state index in [1.165, 1.54) is 12.0 Å². The van der Waals surface area contributed by atoms with Gasteiger partial charge in [0.25, 0.3) is 0 Å². The van der Waals surface area contributed by atoms with Crippen molar-refractivity contribution in [3.05, 3.63) is 71.3 Å². The fraction of sp³-hybridized carbons (Fsp3) is 0.486. The molecule has 0 aliphatic rings. The molecule has 2 aromatic carbocycles. The van der Waals surface area contributed by atoms with Crippen LogP contribution in [0.1, 0.15) is 89.0 Å². The van der Waals surface area contributed by atoms with Crippen LogP contribution in [0.2, 0.25) is 0 Å². The Morgan fingerprint density at radius 2 is 1.57 bits per heavy atom. The SMILES string of the molecule is C#Cc1ccc(C(C(=O)NCC(=O)OC)N(CCCCCCCC)C(=O)C(Cc2ccccc2)NC(=O)OC(C)(C)C)cc1. The number of carbonyl (C=O) groups excluding carboxylic acids is 4. The molecule has 0 aromatic heterocycles. The monoisotopic (exact) mass is 605 g/mol. The largest absolute Gasteiger partial charge is 0.468 e. The topological polar surface area (TPSA) is 114 Å². The Bertz CT molecular complexity index is 1250. The summed E-state index contributed by atoms with van der Waals surface area (Å²) in [6, 6.07) is 14.0. The normalized spacial score (nSPS) is 12.3. The second kappa shape index (κ2) is 18.4. The lowest BCUT2D eigenvalue weighted by Crippen LogP contribution is -2.54. The van der Waals surface area contributed by atoms with Crippen LogP contribution in [0.4, 0.5) is 4.79 Å². The number of ether oxygens (including phenoxy) is 2. The minimum atomic E-state index is -1.10. The van der Waals surface area contributed by atoms with E-state index in [0.717, 1.165) is 37.7 Å². The number of nitrogens with zero attached hydrogens (tertiary/aromatic N) is 1. The van der Waals surface area contributed by atoms with E-state index >= 15 is 0 Å². The van der Waals surface area contributed by atoms with Crippen LogP contribution in [0.15, 0.2) is 54.6 Å². The molecule has 2 rings (SSSR count). The molecule has 238 valence electrons. The van der Waals surface area contributed by atoms with E-state index in [1.807, 2.05) is 30.3 Å². The molecule has 2 aromatic rings.